The maximum Gasteiger partial charge on any atom is 0.311 e. The first-order valence-corrected chi connectivity index (χ1v) is 6.84. The molecule has 20 heavy (non-hydrogen) atoms. The first kappa shape index (κ1) is 14.9. The van der Waals surface area contributed by atoms with Gasteiger partial charge in [0.2, 0.25) is 0 Å². The standard InChI is InChI=1S/C16H22BNO2/c1-15(2,19)16(3,4)20-17-13-9-11-7-5-6-8-12(11)10-14(13)18/h5-10,17,19H,18H2,1-4H3. The Labute approximate surface area is 121 Å². The Bertz CT molecular complexity index is 617. The molecule has 0 heterocycles. The summed E-state index contributed by atoms with van der Waals surface area (Å²) < 4.78 is 5.88. The number of benzene rings is 2. The lowest BCUT2D eigenvalue weighted by Gasteiger charge is -2.37. The van der Waals surface area contributed by atoms with Gasteiger partial charge in [-0.1, -0.05) is 30.3 Å². The van der Waals surface area contributed by atoms with Crippen molar-refractivity contribution in [2.45, 2.75) is 38.9 Å². The maximum atomic E-state index is 10.1. The molecule has 0 aliphatic heterocycles. The van der Waals surface area contributed by atoms with Crippen LogP contribution in [0, 0.1) is 0 Å². The molecule has 0 fully saturated rings. The Morgan fingerprint density at radius 1 is 1.05 bits per heavy atom. The van der Waals surface area contributed by atoms with Crippen LogP contribution in [0.4, 0.5) is 5.69 Å². The minimum absolute atomic E-state index is 0.383. The van der Waals surface area contributed by atoms with E-state index < -0.39 is 11.2 Å². The minimum Gasteiger partial charge on any atom is -0.427 e. The predicted molar refractivity (Wildman–Crippen MR) is 86.6 cm³/mol. The summed E-state index contributed by atoms with van der Waals surface area (Å²) >= 11 is 0. The first-order valence-electron chi connectivity index (χ1n) is 6.84. The lowest BCUT2D eigenvalue weighted by molar-refractivity contribution is -0.0893. The Balaban J connectivity index is 2.24. The average molecular weight is 271 g/mol. The molecule has 0 saturated carbocycles. The van der Waals surface area contributed by atoms with Gasteiger partial charge in [0.25, 0.3) is 0 Å². The molecule has 0 saturated heterocycles. The van der Waals surface area contributed by atoms with E-state index in [0.717, 1.165) is 21.9 Å². The molecular weight excluding hydrogens is 249 g/mol. The Hall–Kier alpha value is -1.52. The van der Waals surface area contributed by atoms with E-state index in [0.29, 0.717) is 7.48 Å². The summed E-state index contributed by atoms with van der Waals surface area (Å²) in [4.78, 5) is 0. The highest BCUT2D eigenvalue weighted by atomic mass is 16.5. The van der Waals surface area contributed by atoms with Crippen LogP contribution in [0.1, 0.15) is 27.7 Å². The van der Waals surface area contributed by atoms with Crippen LogP contribution in [0.25, 0.3) is 10.8 Å². The Kier molecular flexibility index (Phi) is 3.81. The van der Waals surface area contributed by atoms with Crippen LogP contribution in [-0.2, 0) is 4.65 Å². The lowest BCUT2D eigenvalue weighted by atomic mass is 9.81. The largest absolute Gasteiger partial charge is 0.427 e. The Morgan fingerprint density at radius 2 is 1.60 bits per heavy atom. The third kappa shape index (κ3) is 2.97. The number of anilines is 1. The van der Waals surface area contributed by atoms with Crippen molar-refractivity contribution in [1.29, 1.82) is 0 Å². The van der Waals surface area contributed by atoms with Crippen molar-refractivity contribution in [3.8, 4) is 0 Å². The zero-order valence-corrected chi connectivity index (χ0v) is 12.6. The molecule has 0 amide bonds. The average Bonchev–Trinajstić information content (AvgIpc) is 2.35. The monoisotopic (exact) mass is 271 g/mol. The van der Waals surface area contributed by atoms with E-state index in [-0.39, 0.29) is 0 Å². The molecule has 0 bridgehead atoms. The SMILES string of the molecule is CC(C)(O)C(C)(C)OBc1cc2ccccc2cc1N. The number of rotatable bonds is 4. The molecule has 0 unspecified atom stereocenters. The molecule has 2 rings (SSSR count). The van der Waals surface area contributed by atoms with E-state index in [2.05, 4.69) is 6.07 Å². The van der Waals surface area contributed by atoms with E-state index in [4.69, 9.17) is 10.4 Å². The summed E-state index contributed by atoms with van der Waals surface area (Å²) in [6, 6.07) is 12.1. The van der Waals surface area contributed by atoms with Gasteiger partial charge in [-0.15, -0.1) is 0 Å². The fraction of sp³-hybridized carbons (Fsp3) is 0.375. The molecule has 4 heteroatoms. The van der Waals surface area contributed by atoms with Crippen LogP contribution >= 0.6 is 0 Å². The van der Waals surface area contributed by atoms with Gasteiger partial charge in [-0.3, -0.25) is 0 Å². The molecule has 2 aromatic carbocycles. The van der Waals surface area contributed by atoms with Crippen molar-refractivity contribution in [3.63, 3.8) is 0 Å². The van der Waals surface area contributed by atoms with Gasteiger partial charge in [0.05, 0.1) is 11.2 Å². The number of hydrogen-bond acceptors (Lipinski definition) is 3. The van der Waals surface area contributed by atoms with Gasteiger partial charge >= 0.3 is 7.48 Å². The summed E-state index contributed by atoms with van der Waals surface area (Å²) in [6.07, 6.45) is 0. The van der Waals surface area contributed by atoms with E-state index in [9.17, 15) is 5.11 Å². The molecule has 0 aromatic heterocycles. The van der Waals surface area contributed by atoms with Crippen LogP contribution in [-0.4, -0.2) is 23.8 Å². The highest BCUT2D eigenvalue weighted by Crippen LogP contribution is 2.24. The minimum atomic E-state index is -0.918. The van der Waals surface area contributed by atoms with Crippen LogP contribution < -0.4 is 11.2 Å². The molecule has 0 aliphatic rings. The number of nitrogens with two attached hydrogens (primary N) is 1. The van der Waals surface area contributed by atoms with Gasteiger partial charge in [0, 0.05) is 5.69 Å². The second-order valence-corrected chi connectivity index (χ2v) is 6.26. The van der Waals surface area contributed by atoms with Gasteiger partial charge in [0.1, 0.15) is 0 Å². The zero-order valence-electron chi connectivity index (χ0n) is 12.6. The summed E-state index contributed by atoms with van der Waals surface area (Å²) in [5.41, 5.74) is 6.18. The van der Waals surface area contributed by atoms with Crippen molar-refractivity contribution in [2.24, 2.45) is 0 Å². The molecule has 2 aromatic rings. The number of fused-ring (bicyclic) bond motifs is 1. The fourth-order valence-corrected chi connectivity index (χ4v) is 1.86. The van der Waals surface area contributed by atoms with Crippen LogP contribution in [0.2, 0.25) is 0 Å². The maximum absolute atomic E-state index is 10.1. The quantitative estimate of drug-likeness (QED) is 0.660. The van der Waals surface area contributed by atoms with Crippen molar-refractivity contribution in [1.82, 2.24) is 0 Å². The molecule has 0 aliphatic carbocycles. The summed E-state index contributed by atoms with van der Waals surface area (Å²) in [7, 11) is 0.383. The molecule has 0 atom stereocenters. The summed E-state index contributed by atoms with van der Waals surface area (Å²) in [6.45, 7) is 7.25. The van der Waals surface area contributed by atoms with Crippen LogP contribution in [0.5, 0.6) is 0 Å². The molecule has 106 valence electrons. The van der Waals surface area contributed by atoms with E-state index in [1.165, 1.54) is 0 Å². The van der Waals surface area contributed by atoms with E-state index in [1.54, 1.807) is 13.8 Å². The molecule has 3 nitrogen and oxygen atoms in total. The van der Waals surface area contributed by atoms with Crippen molar-refractivity contribution >= 4 is 29.4 Å². The van der Waals surface area contributed by atoms with Gasteiger partial charge < -0.3 is 15.5 Å². The normalized spacial score (nSPS) is 12.7. The molecule has 0 radical (unpaired) electrons. The van der Waals surface area contributed by atoms with Crippen molar-refractivity contribution < 1.29 is 9.76 Å². The van der Waals surface area contributed by atoms with Crippen LogP contribution in [0.3, 0.4) is 0 Å². The van der Waals surface area contributed by atoms with Gasteiger partial charge in [-0.2, -0.15) is 0 Å². The molecular formula is C16H22BNO2. The predicted octanol–water partition coefficient (Wildman–Crippen LogP) is 1.96. The highest BCUT2D eigenvalue weighted by molar-refractivity contribution is 6.50. The summed E-state index contributed by atoms with van der Waals surface area (Å²) in [5, 5.41) is 12.4. The second-order valence-electron chi connectivity index (χ2n) is 6.26. The fourth-order valence-electron chi connectivity index (χ4n) is 1.86. The molecule has 3 N–H and O–H groups in total. The van der Waals surface area contributed by atoms with Gasteiger partial charge in [-0.25, -0.2) is 0 Å². The van der Waals surface area contributed by atoms with E-state index >= 15 is 0 Å². The number of aliphatic hydroxyl groups is 1. The first-order chi connectivity index (χ1) is 9.21. The number of hydrogen-bond donors (Lipinski definition) is 2. The lowest BCUT2D eigenvalue weighted by Crippen LogP contribution is -2.49. The third-order valence-electron chi connectivity index (χ3n) is 4.07. The highest BCUT2D eigenvalue weighted by Gasteiger charge is 2.35. The third-order valence-corrected chi connectivity index (χ3v) is 4.07. The van der Waals surface area contributed by atoms with Crippen molar-refractivity contribution in [3.05, 3.63) is 36.4 Å². The topological polar surface area (TPSA) is 55.5 Å². The Morgan fingerprint density at radius 3 is 2.15 bits per heavy atom. The van der Waals surface area contributed by atoms with Gasteiger partial charge in [-0.05, 0) is 50.0 Å². The zero-order chi connectivity index (χ0) is 15.0. The van der Waals surface area contributed by atoms with Crippen LogP contribution in [0.15, 0.2) is 36.4 Å². The van der Waals surface area contributed by atoms with Crippen molar-refractivity contribution in [2.75, 3.05) is 5.73 Å². The van der Waals surface area contributed by atoms with Gasteiger partial charge in [0.15, 0.2) is 0 Å². The number of nitrogen functional groups attached to an aromatic ring is 1. The summed E-state index contributed by atoms with van der Waals surface area (Å²) in [5.74, 6) is 0. The second kappa shape index (κ2) is 5.11. The molecule has 0 spiro atoms. The van der Waals surface area contributed by atoms with E-state index in [1.807, 2.05) is 44.2 Å². The smallest absolute Gasteiger partial charge is 0.311 e.